The summed E-state index contributed by atoms with van der Waals surface area (Å²) in [5.74, 6) is 0.254. The van der Waals surface area contributed by atoms with Crippen molar-refractivity contribution in [1.29, 1.82) is 0 Å². The molecule has 0 saturated carbocycles. The lowest BCUT2D eigenvalue weighted by Gasteiger charge is -2.33. The number of benzene rings is 1. The molecule has 2 rings (SSSR count). The van der Waals surface area contributed by atoms with E-state index in [2.05, 4.69) is 5.32 Å². The standard InChI is InChI=1S/C14H16Cl2N2O3S/c1-3-14(12(19)21-2)18(4-5-22-14)13(20)17-11-7-9(15)6-10(16)8-11/h6-8H,3-5H2,1-2H3,(H,17,20). The number of nitrogens with zero attached hydrogens (tertiary/aromatic N) is 1. The van der Waals surface area contributed by atoms with E-state index in [1.54, 1.807) is 18.2 Å². The molecule has 1 unspecified atom stereocenters. The number of nitrogens with one attached hydrogen (secondary N) is 1. The Balaban J connectivity index is 2.22. The van der Waals surface area contributed by atoms with E-state index >= 15 is 0 Å². The SMILES string of the molecule is CCC1(C(=O)OC)SCCN1C(=O)Nc1cc(Cl)cc(Cl)c1. The van der Waals surface area contributed by atoms with Crippen molar-refractivity contribution in [3.8, 4) is 0 Å². The first-order valence-electron chi connectivity index (χ1n) is 6.70. The van der Waals surface area contributed by atoms with Gasteiger partial charge in [-0.15, -0.1) is 11.8 Å². The molecule has 1 fully saturated rings. The Labute approximate surface area is 143 Å². The first kappa shape index (κ1) is 17.2. The maximum absolute atomic E-state index is 12.5. The molecule has 120 valence electrons. The molecule has 1 heterocycles. The number of ether oxygens (including phenoxy) is 1. The predicted octanol–water partition coefficient (Wildman–Crippen LogP) is 3.85. The Bertz CT molecular complexity index is 579. The highest BCUT2D eigenvalue weighted by Gasteiger charge is 2.50. The van der Waals surface area contributed by atoms with Gasteiger partial charge >= 0.3 is 12.0 Å². The fraction of sp³-hybridized carbons (Fsp3) is 0.429. The summed E-state index contributed by atoms with van der Waals surface area (Å²) >= 11 is 13.3. The normalized spacial score (nSPS) is 20.8. The van der Waals surface area contributed by atoms with Crippen LogP contribution < -0.4 is 5.32 Å². The van der Waals surface area contributed by atoms with Crippen molar-refractivity contribution in [2.45, 2.75) is 18.2 Å². The van der Waals surface area contributed by atoms with Crippen LogP contribution in [0.4, 0.5) is 10.5 Å². The molecular formula is C14H16Cl2N2O3S. The molecule has 2 amide bonds. The fourth-order valence-electron chi connectivity index (χ4n) is 2.41. The van der Waals surface area contributed by atoms with Crippen LogP contribution in [-0.4, -0.2) is 41.2 Å². The number of halogens is 2. The highest BCUT2D eigenvalue weighted by molar-refractivity contribution is 8.01. The van der Waals surface area contributed by atoms with E-state index in [0.717, 1.165) is 0 Å². The Kier molecular flexibility index (Phi) is 5.47. The van der Waals surface area contributed by atoms with Crippen LogP contribution in [0.3, 0.4) is 0 Å². The zero-order valence-electron chi connectivity index (χ0n) is 12.2. The van der Waals surface area contributed by atoms with Gasteiger partial charge in [0.1, 0.15) is 0 Å². The molecule has 5 nitrogen and oxygen atoms in total. The number of anilines is 1. The second-order valence-electron chi connectivity index (χ2n) is 4.72. The second kappa shape index (κ2) is 6.98. The van der Waals surface area contributed by atoms with Crippen LogP contribution in [0.5, 0.6) is 0 Å². The molecule has 1 aromatic carbocycles. The maximum atomic E-state index is 12.5. The van der Waals surface area contributed by atoms with Gasteiger partial charge in [-0.3, -0.25) is 4.90 Å². The van der Waals surface area contributed by atoms with Gasteiger partial charge < -0.3 is 10.1 Å². The largest absolute Gasteiger partial charge is 0.467 e. The van der Waals surface area contributed by atoms with Crippen molar-refractivity contribution in [1.82, 2.24) is 4.90 Å². The summed E-state index contributed by atoms with van der Waals surface area (Å²) in [5.41, 5.74) is 0.481. The average molecular weight is 363 g/mol. The van der Waals surface area contributed by atoms with Crippen LogP contribution in [0.25, 0.3) is 0 Å². The zero-order chi connectivity index (χ0) is 16.3. The molecule has 0 radical (unpaired) electrons. The minimum atomic E-state index is -0.985. The molecule has 0 aliphatic carbocycles. The third-order valence-corrected chi connectivity index (χ3v) is 5.41. The number of hydrogen-bond donors (Lipinski definition) is 1. The third kappa shape index (κ3) is 3.29. The van der Waals surface area contributed by atoms with Gasteiger partial charge in [-0.05, 0) is 24.6 Å². The number of amides is 2. The van der Waals surface area contributed by atoms with E-state index in [0.29, 0.717) is 34.5 Å². The van der Waals surface area contributed by atoms with Crippen molar-refractivity contribution in [3.63, 3.8) is 0 Å². The second-order valence-corrected chi connectivity index (χ2v) is 6.96. The minimum Gasteiger partial charge on any atom is -0.467 e. The van der Waals surface area contributed by atoms with Crippen molar-refractivity contribution < 1.29 is 14.3 Å². The van der Waals surface area contributed by atoms with Crippen molar-refractivity contribution in [2.75, 3.05) is 24.7 Å². The number of thioether (sulfide) groups is 1. The highest BCUT2D eigenvalue weighted by atomic mass is 35.5. The Morgan fingerprint density at radius 1 is 1.36 bits per heavy atom. The van der Waals surface area contributed by atoms with E-state index in [1.165, 1.54) is 23.8 Å². The van der Waals surface area contributed by atoms with Crippen LogP contribution in [0.1, 0.15) is 13.3 Å². The van der Waals surface area contributed by atoms with Gasteiger partial charge in [0.05, 0.1) is 7.11 Å². The molecule has 1 saturated heterocycles. The number of urea groups is 1. The predicted molar refractivity (Wildman–Crippen MR) is 89.7 cm³/mol. The Hall–Kier alpha value is -1.11. The molecule has 22 heavy (non-hydrogen) atoms. The van der Waals surface area contributed by atoms with Crippen LogP contribution in [0.2, 0.25) is 10.0 Å². The first-order valence-corrected chi connectivity index (χ1v) is 8.44. The first-order chi connectivity index (χ1) is 10.4. The summed E-state index contributed by atoms with van der Waals surface area (Å²) in [5, 5.41) is 3.58. The summed E-state index contributed by atoms with van der Waals surface area (Å²) < 4.78 is 4.87. The number of esters is 1. The topological polar surface area (TPSA) is 58.6 Å². The monoisotopic (exact) mass is 362 g/mol. The van der Waals surface area contributed by atoms with E-state index < -0.39 is 10.8 Å². The number of methoxy groups -OCH3 is 1. The van der Waals surface area contributed by atoms with E-state index in [9.17, 15) is 9.59 Å². The smallest absolute Gasteiger partial charge is 0.342 e. The van der Waals surface area contributed by atoms with Gasteiger partial charge in [0.2, 0.25) is 0 Å². The summed E-state index contributed by atoms with van der Waals surface area (Å²) in [6, 6.07) is 4.39. The third-order valence-electron chi connectivity index (χ3n) is 3.43. The molecule has 0 aromatic heterocycles. The van der Waals surface area contributed by atoms with Crippen molar-refractivity contribution in [3.05, 3.63) is 28.2 Å². The summed E-state index contributed by atoms with van der Waals surface area (Å²) in [7, 11) is 1.32. The van der Waals surface area contributed by atoms with Gasteiger partial charge in [-0.25, -0.2) is 9.59 Å². The zero-order valence-corrected chi connectivity index (χ0v) is 14.5. The van der Waals surface area contributed by atoms with Crippen LogP contribution in [0.15, 0.2) is 18.2 Å². The average Bonchev–Trinajstić information content (AvgIpc) is 2.90. The molecule has 1 N–H and O–H groups in total. The molecule has 1 aromatic rings. The molecule has 1 aliphatic heterocycles. The highest BCUT2D eigenvalue weighted by Crippen LogP contribution is 2.40. The van der Waals surface area contributed by atoms with E-state index in [4.69, 9.17) is 27.9 Å². The molecule has 0 bridgehead atoms. The maximum Gasteiger partial charge on any atom is 0.342 e. The molecule has 8 heteroatoms. The van der Waals surface area contributed by atoms with Crippen molar-refractivity contribution in [2.24, 2.45) is 0 Å². The lowest BCUT2D eigenvalue weighted by Crippen LogP contribution is -2.52. The quantitative estimate of drug-likeness (QED) is 0.829. The van der Waals surface area contributed by atoms with Crippen molar-refractivity contribution >= 4 is 52.7 Å². The number of carbonyl (C=O) groups excluding carboxylic acids is 2. The van der Waals surface area contributed by atoms with Crippen LogP contribution >= 0.6 is 35.0 Å². The summed E-state index contributed by atoms with van der Waals surface area (Å²) in [6.45, 7) is 2.32. The van der Waals surface area contributed by atoms with Gasteiger partial charge in [0, 0.05) is 28.0 Å². The molecule has 1 atom stereocenters. The number of carbonyl (C=O) groups is 2. The van der Waals surface area contributed by atoms with Crippen LogP contribution in [0, 0.1) is 0 Å². The van der Waals surface area contributed by atoms with Crippen LogP contribution in [-0.2, 0) is 9.53 Å². The lowest BCUT2D eigenvalue weighted by atomic mass is 10.2. The van der Waals surface area contributed by atoms with E-state index in [1.807, 2.05) is 6.92 Å². The lowest BCUT2D eigenvalue weighted by molar-refractivity contribution is -0.147. The Morgan fingerprint density at radius 3 is 2.55 bits per heavy atom. The number of hydrogen-bond acceptors (Lipinski definition) is 4. The summed E-state index contributed by atoms with van der Waals surface area (Å²) in [4.78, 5) is 25.2. The fourth-order valence-corrected chi connectivity index (χ4v) is 4.29. The molecular weight excluding hydrogens is 347 g/mol. The molecule has 1 aliphatic rings. The van der Waals surface area contributed by atoms with Gasteiger partial charge in [0.25, 0.3) is 0 Å². The summed E-state index contributed by atoms with van der Waals surface area (Å²) in [6.07, 6.45) is 0.466. The Morgan fingerprint density at radius 2 is 2.00 bits per heavy atom. The minimum absolute atomic E-state index is 0.379. The van der Waals surface area contributed by atoms with Gasteiger partial charge in [0.15, 0.2) is 4.87 Å². The van der Waals surface area contributed by atoms with E-state index in [-0.39, 0.29) is 6.03 Å². The molecule has 0 spiro atoms. The van der Waals surface area contributed by atoms with Gasteiger partial charge in [-0.1, -0.05) is 30.1 Å². The van der Waals surface area contributed by atoms with Gasteiger partial charge in [-0.2, -0.15) is 0 Å². The number of rotatable bonds is 3.